The Morgan fingerprint density at radius 2 is 2.11 bits per heavy atom. The van der Waals surface area contributed by atoms with Crippen molar-refractivity contribution >= 4 is 25.2 Å². The Morgan fingerprint density at radius 3 is 2.78 bits per heavy atom. The van der Waals surface area contributed by atoms with E-state index in [0.717, 1.165) is 25.7 Å². The van der Waals surface area contributed by atoms with Crippen molar-refractivity contribution in [3.63, 3.8) is 0 Å². The monoisotopic (exact) mass is 308 g/mol. The van der Waals surface area contributed by atoms with Gasteiger partial charge in [0.25, 0.3) is 0 Å². The van der Waals surface area contributed by atoms with Gasteiger partial charge in [0.05, 0.1) is 0 Å². The molecule has 0 amide bonds. The van der Waals surface area contributed by atoms with Crippen molar-refractivity contribution < 1.29 is 4.79 Å². The summed E-state index contributed by atoms with van der Waals surface area (Å²) in [7, 11) is 0. The van der Waals surface area contributed by atoms with Gasteiger partial charge in [-0.2, -0.15) is 0 Å². The van der Waals surface area contributed by atoms with Crippen LogP contribution in [-0.2, 0) is 4.79 Å². The summed E-state index contributed by atoms with van der Waals surface area (Å²) < 4.78 is 1.35. The normalized spacial score (nSPS) is 23.3. The van der Waals surface area contributed by atoms with Gasteiger partial charge in [0.1, 0.15) is 0 Å². The second-order valence-electron chi connectivity index (χ2n) is 5.11. The van der Waals surface area contributed by atoms with Crippen LogP contribution < -0.4 is 4.46 Å². The number of ketones is 1. The van der Waals surface area contributed by atoms with Crippen LogP contribution >= 0.6 is 0 Å². The van der Waals surface area contributed by atoms with Crippen LogP contribution in [0.15, 0.2) is 42.5 Å². The first-order chi connectivity index (χ1) is 8.66. The molecule has 2 unspecified atom stereocenters. The summed E-state index contributed by atoms with van der Waals surface area (Å²) in [5.41, 5.74) is 1.24. The summed E-state index contributed by atoms with van der Waals surface area (Å²) in [4.78, 5) is 12.3. The predicted octanol–water partition coefficient (Wildman–Crippen LogP) is 3.14. The van der Waals surface area contributed by atoms with Crippen molar-refractivity contribution in [2.24, 2.45) is 5.92 Å². The number of Topliss-reactive ketones (excluding diaryl/α,β-unsaturated/α-hetero) is 1. The van der Waals surface area contributed by atoms with E-state index in [1.807, 2.05) is 6.07 Å². The van der Waals surface area contributed by atoms with E-state index in [4.69, 9.17) is 0 Å². The van der Waals surface area contributed by atoms with Crippen LogP contribution in [0.5, 0.6) is 0 Å². The van der Waals surface area contributed by atoms with E-state index < -0.39 is 0 Å². The van der Waals surface area contributed by atoms with Gasteiger partial charge in [-0.15, -0.1) is 0 Å². The van der Waals surface area contributed by atoms with Crippen molar-refractivity contribution in [3.05, 3.63) is 42.5 Å². The summed E-state index contributed by atoms with van der Waals surface area (Å²) in [6.07, 6.45) is 4.09. The molecule has 0 radical (unpaired) electrons. The zero-order valence-corrected chi connectivity index (χ0v) is 12.6. The first-order valence-corrected chi connectivity index (χ1v) is 8.40. The molecule has 1 aromatic rings. The van der Waals surface area contributed by atoms with Crippen LogP contribution in [0.4, 0.5) is 0 Å². The second-order valence-corrected chi connectivity index (χ2v) is 7.66. The molecular weight excluding hydrogens is 287 g/mol. The Bertz CT molecular complexity index is 424. The van der Waals surface area contributed by atoms with Crippen LogP contribution in [0, 0.1) is 5.92 Å². The van der Waals surface area contributed by atoms with Crippen LogP contribution in [0.3, 0.4) is 0 Å². The first kappa shape index (κ1) is 13.6. The molecule has 1 fully saturated rings. The average Bonchev–Trinajstić information content (AvgIpc) is 2.70. The molecule has 1 aromatic carbocycles. The van der Waals surface area contributed by atoms with E-state index in [2.05, 4.69) is 37.8 Å². The molecule has 0 spiro atoms. The Balaban J connectivity index is 1.99. The minimum atomic E-state index is 0.300. The maximum atomic E-state index is 12.0. The molecular formula is C16H20OSe. The summed E-state index contributed by atoms with van der Waals surface area (Å²) in [5.74, 6) is 1.08. The van der Waals surface area contributed by atoms with Gasteiger partial charge in [0, 0.05) is 0 Å². The number of carbonyl (C=O) groups excluding carboxylic acids is 1. The molecule has 1 aliphatic carbocycles. The van der Waals surface area contributed by atoms with Gasteiger partial charge in [-0.05, 0) is 0 Å². The third kappa shape index (κ3) is 3.57. The fraction of sp³-hybridized carbons (Fsp3) is 0.438. The number of allylic oxidation sites excluding steroid dienone is 1. The molecule has 0 heterocycles. The Labute approximate surface area is 116 Å². The van der Waals surface area contributed by atoms with Gasteiger partial charge in [0.15, 0.2) is 0 Å². The van der Waals surface area contributed by atoms with E-state index in [0.29, 0.717) is 31.5 Å². The third-order valence-corrected chi connectivity index (χ3v) is 6.49. The zero-order chi connectivity index (χ0) is 13.0. The molecule has 0 bridgehead atoms. The fourth-order valence-electron chi connectivity index (χ4n) is 2.42. The second kappa shape index (κ2) is 6.36. The summed E-state index contributed by atoms with van der Waals surface area (Å²) in [5, 5.41) is 0. The molecule has 1 saturated carbocycles. The van der Waals surface area contributed by atoms with Crippen molar-refractivity contribution in [1.29, 1.82) is 0 Å². The van der Waals surface area contributed by atoms with Crippen molar-refractivity contribution in [3.8, 4) is 0 Å². The molecule has 1 aliphatic rings. The van der Waals surface area contributed by atoms with Gasteiger partial charge < -0.3 is 0 Å². The number of hydrogen-bond acceptors (Lipinski definition) is 1. The topological polar surface area (TPSA) is 17.1 Å². The van der Waals surface area contributed by atoms with Gasteiger partial charge >= 0.3 is 116 Å². The Kier molecular flexibility index (Phi) is 4.79. The van der Waals surface area contributed by atoms with E-state index in [1.54, 1.807) is 0 Å². The SMILES string of the molecule is C=C(C)CCC1CCC(=O)C1[Se]c1ccccc1. The number of rotatable bonds is 5. The standard InChI is InChI=1S/C16H20OSe/c1-12(2)8-9-13-10-11-15(17)16(13)18-14-6-4-3-5-7-14/h3-7,13,16H,1,8-11H2,2H3. The van der Waals surface area contributed by atoms with Crippen molar-refractivity contribution in [1.82, 2.24) is 0 Å². The summed E-state index contributed by atoms with van der Waals surface area (Å²) in [6, 6.07) is 10.5. The average molecular weight is 307 g/mol. The van der Waals surface area contributed by atoms with E-state index in [9.17, 15) is 4.79 Å². The van der Waals surface area contributed by atoms with E-state index in [1.165, 1.54) is 10.0 Å². The van der Waals surface area contributed by atoms with Crippen molar-refractivity contribution in [2.75, 3.05) is 0 Å². The van der Waals surface area contributed by atoms with Crippen molar-refractivity contribution in [2.45, 2.75) is 37.4 Å². The van der Waals surface area contributed by atoms with Gasteiger partial charge in [-0.3, -0.25) is 0 Å². The molecule has 2 atom stereocenters. The molecule has 0 N–H and O–H groups in total. The van der Waals surface area contributed by atoms with Crippen LogP contribution in [-0.4, -0.2) is 20.7 Å². The molecule has 18 heavy (non-hydrogen) atoms. The fourth-order valence-corrected chi connectivity index (χ4v) is 5.19. The number of benzene rings is 1. The predicted molar refractivity (Wildman–Crippen MR) is 77.4 cm³/mol. The Morgan fingerprint density at radius 1 is 1.39 bits per heavy atom. The number of hydrogen-bond donors (Lipinski definition) is 0. The number of carbonyl (C=O) groups is 1. The molecule has 2 heteroatoms. The Hall–Kier alpha value is -0.851. The maximum absolute atomic E-state index is 12.0. The minimum absolute atomic E-state index is 0.300. The van der Waals surface area contributed by atoms with Crippen LogP contribution in [0.2, 0.25) is 4.82 Å². The van der Waals surface area contributed by atoms with Gasteiger partial charge in [0.2, 0.25) is 0 Å². The van der Waals surface area contributed by atoms with Crippen LogP contribution in [0.1, 0.15) is 32.6 Å². The van der Waals surface area contributed by atoms with Crippen LogP contribution in [0.25, 0.3) is 0 Å². The molecule has 1 nitrogen and oxygen atoms in total. The molecule has 0 aromatic heterocycles. The zero-order valence-electron chi connectivity index (χ0n) is 10.9. The van der Waals surface area contributed by atoms with E-state index >= 15 is 0 Å². The van der Waals surface area contributed by atoms with Gasteiger partial charge in [-0.1, -0.05) is 0 Å². The van der Waals surface area contributed by atoms with Gasteiger partial charge in [-0.25, -0.2) is 0 Å². The summed E-state index contributed by atoms with van der Waals surface area (Å²) in [6.45, 7) is 6.04. The third-order valence-electron chi connectivity index (χ3n) is 3.46. The molecule has 0 aliphatic heterocycles. The summed E-state index contributed by atoms with van der Waals surface area (Å²) >= 11 is 0.300. The quantitative estimate of drug-likeness (QED) is 0.603. The molecule has 2 rings (SSSR count). The molecule has 96 valence electrons. The first-order valence-electron chi connectivity index (χ1n) is 6.55. The van der Waals surface area contributed by atoms with E-state index in [-0.39, 0.29) is 0 Å². The molecule has 0 saturated heterocycles.